The normalized spacial score (nSPS) is 10.6. The standard InChI is InChI=1S/C17H12ClN3O3S/c18-12-6-7-15(21(23)24)14(9-12)19-16(22)10-25-17-8-5-11-3-1-2-4-13(11)20-17/h1-9H,10H2,(H,19,22). The van der Waals surface area contributed by atoms with Crippen molar-refractivity contribution in [2.75, 3.05) is 11.1 Å². The maximum atomic E-state index is 12.1. The van der Waals surface area contributed by atoms with Gasteiger partial charge in [-0.05, 0) is 24.3 Å². The summed E-state index contributed by atoms with van der Waals surface area (Å²) in [6.45, 7) is 0. The lowest BCUT2D eigenvalue weighted by molar-refractivity contribution is -0.383. The minimum absolute atomic E-state index is 0.0783. The Bertz CT molecular complexity index is 965. The maximum Gasteiger partial charge on any atom is 0.292 e. The zero-order valence-corrected chi connectivity index (χ0v) is 14.4. The smallest absolute Gasteiger partial charge is 0.292 e. The summed E-state index contributed by atoms with van der Waals surface area (Å²) in [5.41, 5.74) is 0.722. The van der Waals surface area contributed by atoms with E-state index in [-0.39, 0.29) is 23.0 Å². The zero-order chi connectivity index (χ0) is 17.8. The third-order valence-corrected chi connectivity index (χ3v) is 4.52. The highest BCUT2D eigenvalue weighted by Gasteiger charge is 2.16. The number of halogens is 1. The predicted molar refractivity (Wildman–Crippen MR) is 99.2 cm³/mol. The van der Waals surface area contributed by atoms with E-state index in [4.69, 9.17) is 11.6 Å². The number of hydrogen-bond donors (Lipinski definition) is 1. The molecule has 0 bridgehead atoms. The van der Waals surface area contributed by atoms with Gasteiger partial charge in [0.25, 0.3) is 5.69 Å². The summed E-state index contributed by atoms with van der Waals surface area (Å²) in [4.78, 5) is 27.0. The van der Waals surface area contributed by atoms with Crippen LogP contribution in [0, 0.1) is 10.1 Å². The number of pyridine rings is 1. The Kier molecular flexibility index (Phi) is 5.16. The number of nitro benzene ring substituents is 1. The molecule has 0 aliphatic rings. The number of hydrogen-bond acceptors (Lipinski definition) is 5. The number of fused-ring (bicyclic) bond motifs is 1. The molecule has 2 aromatic carbocycles. The molecule has 1 heterocycles. The van der Waals surface area contributed by atoms with Crippen molar-refractivity contribution >= 4 is 51.5 Å². The highest BCUT2D eigenvalue weighted by atomic mass is 35.5. The van der Waals surface area contributed by atoms with Gasteiger partial charge in [-0.25, -0.2) is 4.98 Å². The number of anilines is 1. The van der Waals surface area contributed by atoms with Crippen LogP contribution in [-0.4, -0.2) is 21.6 Å². The second-order valence-electron chi connectivity index (χ2n) is 5.10. The van der Waals surface area contributed by atoms with Crippen molar-refractivity contribution < 1.29 is 9.72 Å². The number of carbonyl (C=O) groups excluding carboxylic acids is 1. The van der Waals surface area contributed by atoms with Crippen LogP contribution in [-0.2, 0) is 4.79 Å². The highest BCUT2D eigenvalue weighted by molar-refractivity contribution is 7.99. The van der Waals surface area contributed by atoms with Gasteiger partial charge in [0.15, 0.2) is 0 Å². The molecule has 3 rings (SSSR count). The summed E-state index contributed by atoms with van der Waals surface area (Å²) >= 11 is 7.10. The lowest BCUT2D eigenvalue weighted by atomic mass is 10.2. The molecule has 0 aliphatic carbocycles. The Labute approximate surface area is 152 Å². The van der Waals surface area contributed by atoms with E-state index in [0.29, 0.717) is 10.0 Å². The number of nitrogens with one attached hydrogen (secondary N) is 1. The predicted octanol–water partition coefficient (Wildman–Crippen LogP) is 4.53. The molecule has 0 saturated carbocycles. The summed E-state index contributed by atoms with van der Waals surface area (Å²) in [6, 6.07) is 15.5. The Morgan fingerprint density at radius 2 is 2.00 bits per heavy atom. The topological polar surface area (TPSA) is 85.1 Å². The fourth-order valence-electron chi connectivity index (χ4n) is 2.22. The average Bonchev–Trinajstić information content (AvgIpc) is 2.59. The van der Waals surface area contributed by atoms with Gasteiger partial charge in [-0.15, -0.1) is 0 Å². The van der Waals surface area contributed by atoms with Gasteiger partial charge in [0, 0.05) is 16.5 Å². The van der Waals surface area contributed by atoms with Crippen LogP contribution in [0.25, 0.3) is 10.9 Å². The summed E-state index contributed by atoms with van der Waals surface area (Å²) in [7, 11) is 0. The summed E-state index contributed by atoms with van der Waals surface area (Å²) in [5, 5.41) is 15.6. The van der Waals surface area contributed by atoms with E-state index in [9.17, 15) is 14.9 Å². The number of para-hydroxylation sites is 1. The van der Waals surface area contributed by atoms with Crippen molar-refractivity contribution in [1.82, 2.24) is 4.98 Å². The van der Waals surface area contributed by atoms with Crippen molar-refractivity contribution in [2.45, 2.75) is 5.03 Å². The first-order valence-corrected chi connectivity index (χ1v) is 8.62. The largest absolute Gasteiger partial charge is 0.320 e. The fraction of sp³-hybridized carbons (Fsp3) is 0.0588. The SMILES string of the molecule is O=C(CSc1ccc2ccccc2n1)Nc1cc(Cl)ccc1[N+](=O)[O-]. The van der Waals surface area contributed by atoms with Gasteiger partial charge in [-0.1, -0.05) is 47.6 Å². The van der Waals surface area contributed by atoms with E-state index in [1.165, 1.54) is 30.0 Å². The number of thioether (sulfide) groups is 1. The molecule has 3 aromatic rings. The number of rotatable bonds is 5. The van der Waals surface area contributed by atoms with Crippen LogP contribution < -0.4 is 5.32 Å². The van der Waals surface area contributed by atoms with E-state index in [1.807, 2.05) is 36.4 Å². The van der Waals surface area contributed by atoms with E-state index in [1.54, 1.807) is 0 Å². The van der Waals surface area contributed by atoms with Crippen LogP contribution in [0.2, 0.25) is 5.02 Å². The van der Waals surface area contributed by atoms with E-state index in [0.717, 1.165) is 10.9 Å². The average molecular weight is 374 g/mol. The Morgan fingerprint density at radius 3 is 2.80 bits per heavy atom. The minimum atomic E-state index is -0.566. The van der Waals surface area contributed by atoms with Crippen LogP contribution >= 0.6 is 23.4 Å². The van der Waals surface area contributed by atoms with Crippen molar-refractivity contribution in [3.05, 3.63) is 69.7 Å². The molecule has 126 valence electrons. The van der Waals surface area contributed by atoms with Crippen molar-refractivity contribution in [2.24, 2.45) is 0 Å². The fourth-order valence-corrected chi connectivity index (χ4v) is 3.07. The van der Waals surface area contributed by atoms with Crippen LogP contribution in [0.1, 0.15) is 0 Å². The number of nitrogens with zero attached hydrogens (tertiary/aromatic N) is 2. The Hall–Kier alpha value is -2.64. The van der Waals surface area contributed by atoms with Gasteiger partial charge in [-0.3, -0.25) is 14.9 Å². The maximum absolute atomic E-state index is 12.1. The molecule has 25 heavy (non-hydrogen) atoms. The molecule has 0 aliphatic heterocycles. The van der Waals surface area contributed by atoms with Crippen molar-refractivity contribution in [3.8, 4) is 0 Å². The molecular formula is C17H12ClN3O3S. The van der Waals surface area contributed by atoms with E-state index >= 15 is 0 Å². The zero-order valence-electron chi connectivity index (χ0n) is 12.8. The molecule has 0 radical (unpaired) electrons. The second kappa shape index (κ2) is 7.50. The van der Waals surface area contributed by atoms with Crippen LogP contribution in [0.5, 0.6) is 0 Å². The lowest BCUT2D eigenvalue weighted by Gasteiger charge is -2.07. The third-order valence-electron chi connectivity index (χ3n) is 3.35. The van der Waals surface area contributed by atoms with Crippen LogP contribution in [0.4, 0.5) is 11.4 Å². The van der Waals surface area contributed by atoms with Crippen molar-refractivity contribution in [3.63, 3.8) is 0 Å². The molecule has 8 heteroatoms. The van der Waals surface area contributed by atoms with E-state index < -0.39 is 4.92 Å². The number of aromatic nitrogens is 1. The molecule has 6 nitrogen and oxygen atoms in total. The minimum Gasteiger partial charge on any atom is -0.320 e. The number of amides is 1. The molecule has 1 N–H and O–H groups in total. The number of carbonyl (C=O) groups is 1. The summed E-state index contributed by atoms with van der Waals surface area (Å²) in [6.07, 6.45) is 0. The quantitative estimate of drug-likeness (QED) is 0.403. The first-order chi connectivity index (χ1) is 12.0. The van der Waals surface area contributed by atoms with Gasteiger partial charge in [0.05, 0.1) is 21.2 Å². The van der Waals surface area contributed by atoms with Crippen LogP contribution in [0.3, 0.4) is 0 Å². The lowest BCUT2D eigenvalue weighted by Crippen LogP contribution is -2.15. The Morgan fingerprint density at radius 1 is 1.20 bits per heavy atom. The highest BCUT2D eigenvalue weighted by Crippen LogP contribution is 2.28. The molecule has 0 unspecified atom stereocenters. The van der Waals surface area contributed by atoms with Gasteiger partial charge in [0.1, 0.15) is 5.69 Å². The number of benzene rings is 2. The molecular weight excluding hydrogens is 362 g/mol. The van der Waals surface area contributed by atoms with Crippen molar-refractivity contribution in [1.29, 1.82) is 0 Å². The summed E-state index contributed by atoms with van der Waals surface area (Å²) < 4.78 is 0. The first kappa shape index (κ1) is 17.2. The molecule has 0 spiro atoms. The summed E-state index contributed by atoms with van der Waals surface area (Å²) in [5.74, 6) is -0.292. The molecule has 0 atom stereocenters. The van der Waals surface area contributed by atoms with Gasteiger partial charge < -0.3 is 5.32 Å². The molecule has 0 saturated heterocycles. The monoisotopic (exact) mass is 373 g/mol. The van der Waals surface area contributed by atoms with E-state index in [2.05, 4.69) is 10.3 Å². The van der Waals surface area contributed by atoms with Gasteiger partial charge in [0.2, 0.25) is 5.91 Å². The van der Waals surface area contributed by atoms with Gasteiger partial charge >= 0.3 is 0 Å². The third kappa shape index (κ3) is 4.26. The molecule has 1 aromatic heterocycles. The molecule has 1 amide bonds. The Balaban J connectivity index is 1.68. The number of nitro groups is 1. The van der Waals surface area contributed by atoms with Gasteiger partial charge in [-0.2, -0.15) is 0 Å². The molecule has 0 fully saturated rings. The first-order valence-electron chi connectivity index (χ1n) is 7.25. The van der Waals surface area contributed by atoms with Crippen LogP contribution in [0.15, 0.2) is 59.6 Å². The second-order valence-corrected chi connectivity index (χ2v) is 6.53.